The Morgan fingerprint density at radius 1 is 1.33 bits per heavy atom. The normalized spacial score (nSPS) is 19.4. The topological polar surface area (TPSA) is 43.8 Å². The van der Waals surface area contributed by atoms with Crippen LogP contribution in [0.4, 0.5) is 5.69 Å². The van der Waals surface area contributed by atoms with E-state index in [0.29, 0.717) is 13.0 Å². The van der Waals surface area contributed by atoms with Crippen molar-refractivity contribution in [1.82, 2.24) is 4.90 Å². The first-order valence-electron chi connectivity index (χ1n) is 6.28. The molecule has 1 fully saturated rings. The van der Waals surface area contributed by atoms with Gasteiger partial charge in [0.1, 0.15) is 0 Å². The molecule has 0 bridgehead atoms. The molecule has 1 aliphatic rings. The maximum atomic E-state index is 11.7. The van der Waals surface area contributed by atoms with Crippen molar-refractivity contribution in [3.63, 3.8) is 0 Å². The van der Waals surface area contributed by atoms with Crippen LogP contribution < -0.4 is 4.90 Å². The van der Waals surface area contributed by atoms with Crippen LogP contribution >= 0.6 is 0 Å². The van der Waals surface area contributed by atoms with E-state index < -0.39 is 0 Å². The van der Waals surface area contributed by atoms with Crippen molar-refractivity contribution in [2.45, 2.75) is 25.4 Å². The van der Waals surface area contributed by atoms with E-state index in [1.54, 1.807) is 4.90 Å². The van der Waals surface area contributed by atoms with Gasteiger partial charge in [-0.1, -0.05) is 12.1 Å². The largest absolute Gasteiger partial charge is 0.394 e. The molecule has 1 amide bonds. The summed E-state index contributed by atoms with van der Waals surface area (Å²) in [5, 5.41) is 9.25. The summed E-state index contributed by atoms with van der Waals surface area (Å²) >= 11 is 0. The molecule has 4 heteroatoms. The van der Waals surface area contributed by atoms with Gasteiger partial charge >= 0.3 is 0 Å². The molecule has 0 spiro atoms. The number of nitrogens with zero attached hydrogens (tertiary/aromatic N) is 2. The van der Waals surface area contributed by atoms with Gasteiger partial charge in [-0.2, -0.15) is 0 Å². The Kier molecular flexibility index (Phi) is 3.87. The van der Waals surface area contributed by atoms with Crippen molar-refractivity contribution in [3.8, 4) is 0 Å². The van der Waals surface area contributed by atoms with E-state index in [1.165, 1.54) is 0 Å². The molecule has 98 valence electrons. The van der Waals surface area contributed by atoms with Gasteiger partial charge in [0.2, 0.25) is 5.91 Å². The maximum Gasteiger partial charge on any atom is 0.223 e. The number of carbonyl (C=O) groups excluding carboxylic acids is 1. The summed E-state index contributed by atoms with van der Waals surface area (Å²) in [5.41, 5.74) is 2.25. The number of amides is 1. The Bertz CT molecular complexity index is 414. The number of hydrogen-bond acceptors (Lipinski definition) is 3. The standard InChI is InChI=1S/C14H20N2O2/c1-15(2)12-5-3-11(4-6-12)9-16-13(10-17)7-8-14(16)18/h3-6,13,17H,7-10H2,1-2H3. The number of rotatable bonds is 4. The zero-order valence-corrected chi connectivity index (χ0v) is 11.0. The Hall–Kier alpha value is -1.55. The molecule has 1 aromatic carbocycles. The molecule has 1 aliphatic heterocycles. The average molecular weight is 248 g/mol. The van der Waals surface area contributed by atoms with Crippen molar-refractivity contribution in [1.29, 1.82) is 0 Å². The molecule has 0 aliphatic carbocycles. The molecule has 0 saturated carbocycles. The number of aliphatic hydroxyl groups excluding tert-OH is 1. The van der Waals surface area contributed by atoms with Gasteiger partial charge < -0.3 is 14.9 Å². The van der Waals surface area contributed by atoms with Crippen LogP contribution in [0.25, 0.3) is 0 Å². The second-order valence-corrected chi connectivity index (χ2v) is 4.96. The first kappa shape index (κ1) is 12.9. The van der Waals surface area contributed by atoms with Crippen LogP contribution in [-0.2, 0) is 11.3 Å². The van der Waals surface area contributed by atoms with Crippen molar-refractivity contribution >= 4 is 11.6 Å². The molecule has 1 aromatic rings. The minimum Gasteiger partial charge on any atom is -0.394 e. The summed E-state index contributed by atoms with van der Waals surface area (Å²) in [7, 11) is 4.00. The predicted octanol–water partition coefficient (Wildman–Crippen LogP) is 1.24. The van der Waals surface area contributed by atoms with E-state index in [2.05, 4.69) is 0 Å². The van der Waals surface area contributed by atoms with E-state index >= 15 is 0 Å². The van der Waals surface area contributed by atoms with Crippen LogP contribution in [0.5, 0.6) is 0 Å². The summed E-state index contributed by atoms with van der Waals surface area (Å²) in [4.78, 5) is 15.6. The fourth-order valence-corrected chi connectivity index (χ4v) is 2.30. The SMILES string of the molecule is CN(C)c1ccc(CN2C(=O)CCC2CO)cc1. The maximum absolute atomic E-state index is 11.7. The second-order valence-electron chi connectivity index (χ2n) is 4.96. The highest BCUT2D eigenvalue weighted by molar-refractivity contribution is 5.78. The van der Waals surface area contributed by atoms with Gasteiger partial charge in [0.25, 0.3) is 0 Å². The smallest absolute Gasteiger partial charge is 0.223 e. The summed E-state index contributed by atoms with van der Waals surface area (Å²) in [6.45, 7) is 0.652. The third-order valence-corrected chi connectivity index (χ3v) is 3.47. The number of carbonyl (C=O) groups is 1. The van der Waals surface area contributed by atoms with Crippen molar-refractivity contribution in [2.24, 2.45) is 0 Å². The quantitative estimate of drug-likeness (QED) is 0.871. The van der Waals surface area contributed by atoms with Gasteiger partial charge in [0.15, 0.2) is 0 Å². The summed E-state index contributed by atoms with van der Waals surface area (Å²) in [5.74, 6) is 0.144. The van der Waals surface area contributed by atoms with E-state index in [0.717, 1.165) is 17.7 Å². The Morgan fingerprint density at radius 2 is 2.00 bits per heavy atom. The van der Waals surface area contributed by atoms with Crippen molar-refractivity contribution in [3.05, 3.63) is 29.8 Å². The summed E-state index contributed by atoms with van der Waals surface area (Å²) < 4.78 is 0. The fraction of sp³-hybridized carbons (Fsp3) is 0.500. The number of benzene rings is 1. The zero-order chi connectivity index (χ0) is 13.1. The van der Waals surface area contributed by atoms with Gasteiger partial charge in [-0.3, -0.25) is 4.79 Å². The minimum atomic E-state index is -0.00831. The van der Waals surface area contributed by atoms with E-state index in [4.69, 9.17) is 0 Å². The highest BCUT2D eigenvalue weighted by Gasteiger charge is 2.29. The lowest BCUT2D eigenvalue weighted by Crippen LogP contribution is -2.34. The van der Waals surface area contributed by atoms with Gasteiger partial charge in [0.05, 0.1) is 12.6 Å². The first-order chi connectivity index (χ1) is 8.61. The molecular weight excluding hydrogens is 228 g/mol. The lowest BCUT2D eigenvalue weighted by atomic mass is 10.1. The molecule has 1 unspecified atom stereocenters. The van der Waals surface area contributed by atoms with Gasteiger partial charge in [-0.25, -0.2) is 0 Å². The Morgan fingerprint density at radius 3 is 2.56 bits per heavy atom. The molecular formula is C14H20N2O2. The first-order valence-corrected chi connectivity index (χ1v) is 6.28. The third kappa shape index (κ3) is 2.64. The predicted molar refractivity (Wildman–Crippen MR) is 71.4 cm³/mol. The van der Waals surface area contributed by atoms with Crippen LogP contribution in [0, 0.1) is 0 Å². The van der Waals surface area contributed by atoms with Crippen LogP contribution in [0.3, 0.4) is 0 Å². The lowest BCUT2D eigenvalue weighted by molar-refractivity contribution is -0.130. The Labute approximate surface area is 108 Å². The number of anilines is 1. The number of hydrogen-bond donors (Lipinski definition) is 1. The molecule has 0 aromatic heterocycles. The summed E-state index contributed by atoms with van der Waals surface area (Å²) in [6, 6.07) is 8.16. The molecule has 0 radical (unpaired) electrons. The van der Waals surface area contributed by atoms with E-state index in [9.17, 15) is 9.90 Å². The molecule has 1 saturated heterocycles. The van der Waals surface area contributed by atoms with E-state index in [1.807, 2.05) is 43.3 Å². The fourth-order valence-electron chi connectivity index (χ4n) is 2.30. The van der Waals surface area contributed by atoms with Crippen molar-refractivity contribution < 1.29 is 9.90 Å². The second kappa shape index (κ2) is 5.40. The van der Waals surface area contributed by atoms with Crippen LogP contribution in [-0.4, -0.2) is 42.7 Å². The highest BCUT2D eigenvalue weighted by Crippen LogP contribution is 2.22. The molecule has 4 nitrogen and oxygen atoms in total. The van der Waals surface area contributed by atoms with Crippen LogP contribution in [0.1, 0.15) is 18.4 Å². The monoisotopic (exact) mass is 248 g/mol. The highest BCUT2D eigenvalue weighted by atomic mass is 16.3. The minimum absolute atomic E-state index is 0.00831. The third-order valence-electron chi connectivity index (χ3n) is 3.47. The molecule has 1 atom stereocenters. The molecule has 1 N–H and O–H groups in total. The lowest BCUT2D eigenvalue weighted by Gasteiger charge is -2.23. The number of aliphatic hydroxyl groups is 1. The van der Waals surface area contributed by atoms with Crippen LogP contribution in [0.15, 0.2) is 24.3 Å². The van der Waals surface area contributed by atoms with Gasteiger partial charge in [-0.15, -0.1) is 0 Å². The molecule has 1 heterocycles. The zero-order valence-electron chi connectivity index (χ0n) is 11.0. The van der Waals surface area contributed by atoms with Crippen molar-refractivity contribution in [2.75, 3.05) is 25.6 Å². The molecule has 2 rings (SSSR count). The van der Waals surface area contributed by atoms with Gasteiger partial charge in [-0.05, 0) is 24.1 Å². The van der Waals surface area contributed by atoms with E-state index in [-0.39, 0.29) is 18.6 Å². The number of likely N-dealkylation sites (tertiary alicyclic amines) is 1. The average Bonchev–Trinajstić information content (AvgIpc) is 2.71. The van der Waals surface area contributed by atoms with Crippen LogP contribution in [0.2, 0.25) is 0 Å². The Balaban J connectivity index is 2.06. The summed E-state index contributed by atoms with van der Waals surface area (Å²) in [6.07, 6.45) is 1.33. The molecule has 18 heavy (non-hydrogen) atoms. The van der Waals surface area contributed by atoms with Gasteiger partial charge in [0, 0.05) is 32.7 Å².